The molecule has 10 heavy (non-hydrogen) atoms. The van der Waals surface area contributed by atoms with Crippen LogP contribution < -0.4 is 0 Å². The summed E-state index contributed by atoms with van der Waals surface area (Å²) in [5, 5.41) is 3.19. The molecule has 0 heterocycles. The Balaban J connectivity index is 3.27. The Labute approximate surface area is 57.7 Å². The zero-order valence-electron chi connectivity index (χ0n) is 5.36. The standard InChI is InChI=1S/C5H7N3O2/c6-8-7-3-1-2-5(10)4-9/h4H,1-3H2. The lowest BCUT2D eigenvalue weighted by Gasteiger charge is -1.86. The summed E-state index contributed by atoms with van der Waals surface area (Å²) in [7, 11) is 0. The van der Waals surface area contributed by atoms with Crippen molar-refractivity contribution < 1.29 is 9.59 Å². The summed E-state index contributed by atoms with van der Waals surface area (Å²) < 4.78 is 0. The van der Waals surface area contributed by atoms with Crippen molar-refractivity contribution in [1.82, 2.24) is 0 Å². The number of aldehydes is 1. The minimum absolute atomic E-state index is 0.169. The van der Waals surface area contributed by atoms with Gasteiger partial charge in [-0.25, -0.2) is 0 Å². The number of ketones is 1. The number of azide groups is 1. The average Bonchev–Trinajstić information content (AvgIpc) is 1.98. The van der Waals surface area contributed by atoms with Crippen molar-refractivity contribution in [3.8, 4) is 0 Å². The van der Waals surface area contributed by atoms with Crippen molar-refractivity contribution in [3.63, 3.8) is 0 Å². The molecule has 0 aromatic rings. The third kappa shape index (κ3) is 4.80. The number of hydrogen-bond donors (Lipinski definition) is 0. The van der Waals surface area contributed by atoms with Gasteiger partial charge in [0, 0.05) is 17.9 Å². The highest BCUT2D eigenvalue weighted by atomic mass is 16.2. The topological polar surface area (TPSA) is 82.9 Å². The van der Waals surface area contributed by atoms with Crippen LogP contribution in [0, 0.1) is 0 Å². The van der Waals surface area contributed by atoms with Crippen LogP contribution in [0.2, 0.25) is 0 Å². The monoisotopic (exact) mass is 141 g/mol. The fraction of sp³-hybridized carbons (Fsp3) is 0.600. The van der Waals surface area contributed by atoms with Gasteiger partial charge in [-0.2, -0.15) is 0 Å². The smallest absolute Gasteiger partial charge is 0.195 e. The fourth-order valence-corrected chi connectivity index (χ4v) is 0.428. The van der Waals surface area contributed by atoms with Gasteiger partial charge >= 0.3 is 0 Å². The van der Waals surface area contributed by atoms with E-state index in [9.17, 15) is 9.59 Å². The Hall–Kier alpha value is -1.35. The van der Waals surface area contributed by atoms with Gasteiger partial charge in [0.2, 0.25) is 0 Å². The molecule has 0 bridgehead atoms. The molecule has 0 aliphatic heterocycles. The molecule has 5 heteroatoms. The molecule has 0 radical (unpaired) electrons. The molecule has 0 aliphatic carbocycles. The van der Waals surface area contributed by atoms with Gasteiger partial charge in [-0.1, -0.05) is 5.11 Å². The Morgan fingerprint density at radius 3 is 2.90 bits per heavy atom. The van der Waals surface area contributed by atoms with Crippen LogP contribution in [0.25, 0.3) is 10.4 Å². The normalized spacial score (nSPS) is 8.00. The summed E-state index contributed by atoms with van der Waals surface area (Å²) in [6, 6.07) is 0. The van der Waals surface area contributed by atoms with Crippen molar-refractivity contribution in [2.45, 2.75) is 12.8 Å². The van der Waals surface area contributed by atoms with Gasteiger partial charge in [0.15, 0.2) is 12.1 Å². The maximum Gasteiger partial charge on any atom is 0.195 e. The number of carbonyl (C=O) groups is 2. The van der Waals surface area contributed by atoms with E-state index in [1.54, 1.807) is 0 Å². The van der Waals surface area contributed by atoms with Crippen LogP contribution in [0.4, 0.5) is 0 Å². The molecule has 0 amide bonds. The largest absolute Gasteiger partial charge is 0.295 e. The Bertz CT molecular complexity index is 172. The number of hydrogen-bond acceptors (Lipinski definition) is 3. The van der Waals surface area contributed by atoms with E-state index in [0.29, 0.717) is 6.42 Å². The van der Waals surface area contributed by atoms with Crippen molar-refractivity contribution in [3.05, 3.63) is 10.4 Å². The summed E-state index contributed by atoms with van der Waals surface area (Å²) >= 11 is 0. The van der Waals surface area contributed by atoms with E-state index in [-0.39, 0.29) is 19.3 Å². The molecule has 5 nitrogen and oxygen atoms in total. The second-order valence-corrected chi connectivity index (χ2v) is 1.64. The van der Waals surface area contributed by atoms with Crippen LogP contribution >= 0.6 is 0 Å². The molecule has 0 N–H and O–H groups in total. The number of carbonyl (C=O) groups excluding carboxylic acids is 2. The highest BCUT2D eigenvalue weighted by molar-refractivity contribution is 6.24. The highest BCUT2D eigenvalue weighted by Crippen LogP contribution is 1.89. The van der Waals surface area contributed by atoms with E-state index in [1.165, 1.54) is 0 Å². The van der Waals surface area contributed by atoms with Gasteiger partial charge in [-0.15, -0.1) is 0 Å². The van der Waals surface area contributed by atoms with Crippen molar-refractivity contribution in [1.29, 1.82) is 0 Å². The first-order valence-electron chi connectivity index (χ1n) is 2.80. The number of nitrogens with zero attached hydrogens (tertiary/aromatic N) is 3. The molecule has 0 atom stereocenters. The lowest BCUT2D eigenvalue weighted by molar-refractivity contribution is -0.129. The van der Waals surface area contributed by atoms with Crippen LogP contribution in [0.15, 0.2) is 5.11 Å². The molecule has 0 rings (SSSR count). The third-order valence-electron chi connectivity index (χ3n) is 0.876. The summed E-state index contributed by atoms with van der Waals surface area (Å²) in [5.41, 5.74) is 7.79. The maximum atomic E-state index is 10.3. The highest BCUT2D eigenvalue weighted by Gasteiger charge is 1.95. The van der Waals surface area contributed by atoms with Crippen LogP contribution in [0.5, 0.6) is 0 Å². The van der Waals surface area contributed by atoms with Gasteiger partial charge in [-0.3, -0.25) is 9.59 Å². The summed E-state index contributed by atoms with van der Waals surface area (Å²) in [6.07, 6.45) is 0.889. The first-order valence-corrected chi connectivity index (χ1v) is 2.80. The Kier molecular flexibility index (Phi) is 5.00. The van der Waals surface area contributed by atoms with Crippen LogP contribution in [-0.4, -0.2) is 18.6 Å². The fourth-order valence-electron chi connectivity index (χ4n) is 0.428. The molecule has 0 aromatic heterocycles. The van der Waals surface area contributed by atoms with Crippen molar-refractivity contribution in [2.24, 2.45) is 5.11 Å². The predicted molar refractivity (Wildman–Crippen MR) is 34.3 cm³/mol. The molecular formula is C5H7N3O2. The lowest BCUT2D eigenvalue weighted by atomic mass is 10.2. The van der Waals surface area contributed by atoms with Gasteiger partial charge in [0.05, 0.1) is 0 Å². The quantitative estimate of drug-likeness (QED) is 0.142. The second kappa shape index (κ2) is 5.78. The Morgan fingerprint density at radius 1 is 1.70 bits per heavy atom. The number of rotatable bonds is 5. The van der Waals surface area contributed by atoms with Crippen molar-refractivity contribution in [2.75, 3.05) is 6.54 Å². The summed E-state index contributed by atoms with van der Waals surface area (Å²) in [4.78, 5) is 22.5. The number of Topliss-reactive ketones (excluding diaryl/α,β-unsaturated/α-hetero) is 1. The van der Waals surface area contributed by atoms with E-state index >= 15 is 0 Å². The van der Waals surface area contributed by atoms with Gasteiger partial charge in [0.25, 0.3) is 0 Å². The van der Waals surface area contributed by atoms with Crippen molar-refractivity contribution >= 4 is 12.1 Å². The van der Waals surface area contributed by atoms with E-state index in [4.69, 9.17) is 5.53 Å². The zero-order valence-corrected chi connectivity index (χ0v) is 5.36. The maximum absolute atomic E-state index is 10.3. The zero-order chi connectivity index (χ0) is 7.82. The predicted octanol–water partition coefficient (Wildman–Crippen LogP) is 0.845. The van der Waals surface area contributed by atoms with Crippen LogP contribution in [-0.2, 0) is 9.59 Å². The van der Waals surface area contributed by atoms with E-state index in [1.807, 2.05) is 0 Å². The van der Waals surface area contributed by atoms with Gasteiger partial charge < -0.3 is 0 Å². The van der Waals surface area contributed by atoms with Crippen LogP contribution in [0.3, 0.4) is 0 Å². The molecular weight excluding hydrogens is 134 g/mol. The minimum Gasteiger partial charge on any atom is -0.295 e. The molecule has 0 fully saturated rings. The lowest BCUT2D eigenvalue weighted by Crippen LogP contribution is -1.98. The third-order valence-corrected chi connectivity index (χ3v) is 0.876. The first kappa shape index (κ1) is 8.65. The molecule has 0 spiro atoms. The van der Waals surface area contributed by atoms with Gasteiger partial charge in [0.1, 0.15) is 0 Å². The molecule has 0 saturated carbocycles. The molecule has 0 saturated heterocycles. The SMILES string of the molecule is [N-]=[N+]=NCCCC(=O)C=O. The minimum atomic E-state index is -0.451. The average molecular weight is 141 g/mol. The van der Waals surface area contributed by atoms with Gasteiger partial charge in [-0.05, 0) is 12.0 Å². The first-order chi connectivity index (χ1) is 4.81. The van der Waals surface area contributed by atoms with E-state index < -0.39 is 5.78 Å². The summed E-state index contributed by atoms with van der Waals surface area (Å²) in [6.45, 7) is 0.274. The molecule has 54 valence electrons. The van der Waals surface area contributed by atoms with E-state index in [0.717, 1.165) is 0 Å². The molecule has 0 unspecified atom stereocenters. The molecule has 0 aromatic carbocycles. The van der Waals surface area contributed by atoms with Crippen LogP contribution in [0.1, 0.15) is 12.8 Å². The summed E-state index contributed by atoms with van der Waals surface area (Å²) in [5.74, 6) is -0.451. The Morgan fingerprint density at radius 2 is 2.40 bits per heavy atom. The van der Waals surface area contributed by atoms with E-state index in [2.05, 4.69) is 10.0 Å². The molecule has 0 aliphatic rings. The second-order valence-electron chi connectivity index (χ2n) is 1.64.